The Morgan fingerprint density at radius 3 is 1.31 bits per heavy atom. The van der Waals surface area contributed by atoms with E-state index in [1.807, 2.05) is 0 Å². The van der Waals surface area contributed by atoms with Gasteiger partial charge < -0.3 is 20.1 Å². The molecule has 0 rings (SSSR count). The molecule has 0 aromatic heterocycles. The van der Waals surface area contributed by atoms with Gasteiger partial charge in [-0.3, -0.25) is 4.48 Å². The summed E-state index contributed by atoms with van der Waals surface area (Å²) in [5.74, 6) is -3.96. The predicted octanol–water partition coefficient (Wildman–Crippen LogP) is 5.66. The van der Waals surface area contributed by atoms with Gasteiger partial charge in [0.25, 0.3) is 0 Å². The summed E-state index contributed by atoms with van der Waals surface area (Å²) in [6.45, 7) is 6.25. The molecule has 35 heavy (non-hydrogen) atoms. The molecule has 0 bridgehead atoms. The van der Waals surface area contributed by atoms with Gasteiger partial charge in [0.15, 0.2) is 12.1 Å². The van der Waals surface area contributed by atoms with Crippen LogP contribution in [0.25, 0.3) is 0 Å². The van der Waals surface area contributed by atoms with E-state index in [0.717, 1.165) is 19.3 Å². The van der Waals surface area contributed by atoms with Crippen molar-refractivity contribution in [2.45, 2.75) is 149 Å². The number of hydrogen-bond donors (Lipinski definition) is 2. The molecule has 0 saturated carbocycles. The highest BCUT2D eigenvalue weighted by molar-refractivity contribution is 5.77. The minimum Gasteiger partial charge on any atom is -0.544 e. The van der Waals surface area contributed by atoms with Crippen molar-refractivity contribution in [1.82, 2.24) is 0 Å². The second-order valence-electron chi connectivity index (χ2n) is 10.0. The number of nitrogens with zero attached hydrogens (tertiary/aromatic N) is 1. The first kappa shape index (κ1) is 33.1. The number of rotatable bonds is 23. The van der Waals surface area contributed by atoms with Crippen molar-refractivity contribution in [2.24, 2.45) is 0 Å². The van der Waals surface area contributed by atoms with Gasteiger partial charge in [0.1, 0.15) is 6.04 Å². The third-order valence-electron chi connectivity index (χ3n) is 7.41. The summed E-state index contributed by atoms with van der Waals surface area (Å²) in [4.78, 5) is 35.1. The van der Waals surface area contributed by atoms with Crippen molar-refractivity contribution in [2.75, 3.05) is 0 Å². The van der Waals surface area contributed by atoms with Crippen LogP contribution in [-0.2, 0) is 14.4 Å². The SMILES string of the molecule is CCCCCCCCCCCCCCCCC/C=C/[N+](C(C)C(=O)[O-])(C(C)C(=O)O)C(C)C(=O)O. The molecule has 0 saturated heterocycles. The number of aliphatic carboxylic acids is 3. The van der Waals surface area contributed by atoms with E-state index >= 15 is 0 Å². The molecule has 0 aromatic rings. The highest BCUT2D eigenvalue weighted by atomic mass is 16.4. The highest BCUT2D eigenvalue weighted by Gasteiger charge is 2.49. The summed E-state index contributed by atoms with van der Waals surface area (Å²) in [6, 6.07) is -3.80. The fourth-order valence-corrected chi connectivity index (χ4v) is 4.85. The zero-order valence-electron chi connectivity index (χ0n) is 22.7. The molecule has 7 nitrogen and oxygen atoms in total. The van der Waals surface area contributed by atoms with Crippen LogP contribution in [0.3, 0.4) is 0 Å². The van der Waals surface area contributed by atoms with Gasteiger partial charge in [0, 0.05) is 0 Å². The van der Waals surface area contributed by atoms with Crippen molar-refractivity contribution < 1.29 is 34.2 Å². The summed E-state index contributed by atoms with van der Waals surface area (Å²) in [6.07, 6.45) is 22.9. The van der Waals surface area contributed by atoms with Gasteiger partial charge in [-0.1, -0.05) is 96.8 Å². The van der Waals surface area contributed by atoms with Crippen LogP contribution in [0.2, 0.25) is 0 Å². The molecule has 0 heterocycles. The summed E-state index contributed by atoms with van der Waals surface area (Å²) < 4.78 is -0.717. The fourth-order valence-electron chi connectivity index (χ4n) is 4.85. The molecule has 3 atom stereocenters. The second kappa shape index (κ2) is 19.3. The molecule has 0 aliphatic heterocycles. The number of carbonyl (C=O) groups excluding carboxylic acids is 1. The van der Waals surface area contributed by atoms with E-state index in [9.17, 15) is 29.7 Å². The van der Waals surface area contributed by atoms with Crippen LogP contribution >= 0.6 is 0 Å². The van der Waals surface area contributed by atoms with Crippen LogP contribution in [0.1, 0.15) is 130 Å². The van der Waals surface area contributed by atoms with Gasteiger partial charge in [-0.05, 0) is 39.7 Å². The average molecular weight is 498 g/mol. The number of allylic oxidation sites excluding steroid dienone is 1. The van der Waals surface area contributed by atoms with Crippen molar-refractivity contribution in [3.63, 3.8) is 0 Å². The van der Waals surface area contributed by atoms with E-state index in [4.69, 9.17) is 0 Å². The predicted molar refractivity (Wildman–Crippen MR) is 138 cm³/mol. The third kappa shape index (κ3) is 12.6. The first-order valence-electron chi connectivity index (χ1n) is 13.8. The van der Waals surface area contributed by atoms with Crippen molar-refractivity contribution in [3.8, 4) is 0 Å². The number of quaternary nitrogens is 1. The van der Waals surface area contributed by atoms with Gasteiger partial charge >= 0.3 is 11.9 Å². The molecule has 0 radical (unpaired) electrons. The minimum atomic E-state index is -1.47. The number of carboxylic acids is 3. The Labute approximate surface area is 213 Å². The largest absolute Gasteiger partial charge is 0.544 e. The number of unbranched alkanes of at least 4 members (excludes halogenated alkanes) is 15. The zero-order valence-corrected chi connectivity index (χ0v) is 22.7. The lowest BCUT2D eigenvalue weighted by atomic mass is 10.0. The van der Waals surface area contributed by atoms with Crippen molar-refractivity contribution in [1.29, 1.82) is 0 Å². The lowest BCUT2D eigenvalue weighted by molar-refractivity contribution is -0.923. The molecule has 7 heteroatoms. The molecule has 0 fully saturated rings. The maximum atomic E-state index is 11.7. The summed E-state index contributed by atoms with van der Waals surface area (Å²) in [7, 11) is 0. The molecule has 0 spiro atoms. The highest BCUT2D eigenvalue weighted by Crippen LogP contribution is 2.27. The number of carboxylic acid groups (broad SMARTS) is 3. The number of hydrogen-bond acceptors (Lipinski definition) is 4. The Balaban J connectivity index is 4.35. The molecule has 3 unspecified atom stereocenters. The molecule has 0 aliphatic rings. The molecular formula is C28H51NO6. The molecule has 0 amide bonds. The maximum Gasteiger partial charge on any atom is 0.362 e. The molecule has 0 aromatic carbocycles. The van der Waals surface area contributed by atoms with Crippen molar-refractivity contribution in [3.05, 3.63) is 12.3 Å². The van der Waals surface area contributed by atoms with Gasteiger partial charge in [0.05, 0.1) is 12.2 Å². The Morgan fingerprint density at radius 1 is 0.657 bits per heavy atom. The van der Waals surface area contributed by atoms with Gasteiger partial charge in [-0.25, -0.2) is 9.59 Å². The van der Waals surface area contributed by atoms with E-state index in [0.29, 0.717) is 6.42 Å². The summed E-state index contributed by atoms with van der Waals surface area (Å²) in [5.41, 5.74) is 0. The number of carbonyl (C=O) groups is 3. The second-order valence-corrected chi connectivity index (χ2v) is 10.0. The minimum absolute atomic E-state index is 0.650. The van der Waals surface area contributed by atoms with Gasteiger partial charge in [-0.2, -0.15) is 0 Å². The standard InChI is InChI=1S/C28H51NO6/c1-5-6-7-8-9-10-11-12-13-14-15-16-17-18-19-20-21-22-29(23(2)26(30)31,24(3)27(32)33)25(4)28(34)35/h21-25H,5-20H2,1-4H3,(H2-,30,31,32,33,34,35)/b22-21+. The quantitative estimate of drug-likeness (QED) is 0.139. The van der Waals surface area contributed by atoms with Crippen LogP contribution in [0.15, 0.2) is 12.3 Å². The Morgan fingerprint density at radius 2 is 1.00 bits per heavy atom. The van der Waals surface area contributed by atoms with Crippen LogP contribution in [0, 0.1) is 0 Å². The molecular weight excluding hydrogens is 446 g/mol. The smallest absolute Gasteiger partial charge is 0.362 e. The molecule has 0 aliphatic carbocycles. The van der Waals surface area contributed by atoms with E-state index in [1.165, 1.54) is 104 Å². The van der Waals surface area contributed by atoms with E-state index in [2.05, 4.69) is 6.92 Å². The summed E-state index contributed by atoms with van der Waals surface area (Å²) in [5, 5.41) is 30.8. The Bertz CT molecular complexity index is 583. The Kier molecular flexibility index (Phi) is 18.3. The zero-order chi connectivity index (χ0) is 26.7. The normalized spacial score (nSPS) is 16.0. The van der Waals surface area contributed by atoms with Crippen LogP contribution in [0.5, 0.6) is 0 Å². The van der Waals surface area contributed by atoms with Gasteiger partial charge in [0.2, 0.25) is 0 Å². The van der Waals surface area contributed by atoms with Crippen molar-refractivity contribution >= 4 is 17.9 Å². The molecule has 2 N–H and O–H groups in total. The fraction of sp³-hybridized carbons (Fsp3) is 0.821. The third-order valence-corrected chi connectivity index (χ3v) is 7.41. The van der Waals surface area contributed by atoms with Crippen LogP contribution in [0.4, 0.5) is 0 Å². The first-order valence-corrected chi connectivity index (χ1v) is 13.8. The monoisotopic (exact) mass is 497 g/mol. The van der Waals surface area contributed by atoms with E-state index < -0.39 is 40.5 Å². The lowest BCUT2D eigenvalue weighted by Crippen LogP contribution is -2.68. The maximum absolute atomic E-state index is 11.7. The average Bonchev–Trinajstić information content (AvgIpc) is 2.82. The lowest BCUT2D eigenvalue weighted by Gasteiger charge is -2.46. The first-order chi connectivity index (χ1) is 16.6. The van der Waals surface area contributed by atoms with Crippen LogP contribution < -0.4 is 5.11 Å². The van der Waals surface area contributed by atoms with E-state index in [-0.39, 0.29) is 0 Å². The topological polar surface area (TPSA) is 115 Å². The molecule has 204 valence electrons. The summed E-state index contributed by atoms with van der Waals surface area (Å²) >= 11 is 0. The van der Waals surface area contributed by atoms with Gasteiger partial charge in [-0.15, -0.1) is 0 Å². The van der Waals surface area contributed by atoms with Crippen LogP contribution in [-0.4, -0.2) is 50.7 Å². The van der Waals surface area contributed by atoms with E-state index in [1.54, 1.807) is 6.08 Å². The Hall–Kier alpha value is -1.89.